The highest BCUT2D eigenvalue weighted by atomic mass is 32.1. The van der Waals surface area contributed by atoms with Gasteiger partial charge in [0.25, 0.3) is 0 Å². The average Bonchev–Trinajstić information content (AvgIpc) is 3.34. The molecule has 2 aromatic heterocycles. The van der Waals surface area contributed by atoms with E-state index in [0.29, 0.717) is 5.82 Å². The second kappa shape index (κ2) is 7.25. The molecule has 2 N–H and O–H groups in total. The zero-order chi connectivity index (χ0) is 17.9. The van der Waals surface area contributed by atoms with Gasteiger partial charge in [-0.15, -0.1) is 11.3 Å². The molecule has 3 aromatic rings. The topological polar surface area (TPSA) is 86.8 Å². The molecule has 134 valence electrons. The molecule has 8 heteroatoms. The maximum Gasteiger partial charge on any atom is 0.322 e. The number of carbonyl (C=O) groups excluding carboxylic acids is 1. The Morgan fingerprint density at radius 2 is 2.15 bits per heavy atom. The number of benzene rings is 1. The highest BCUT2D eigenvalue weighted by molar-refractivity contribution is 7.09. The monoisotopic (exact) mass is 368 g/mol. The standard InChI is InChI=1S/C18H20N6OS/c1-12-20-16(23-22-12)13-5-7-14(8-6-13)21-18(25)24-10-3-2-4-15(24)17-19-9-11-26-17/h5-9,11,15H,2-4,10H2,1H3,(H,21,25)(H,20,22,23)/t15-/m1/s1. The summed E-state index contributed by atoms with van der Waals surface area (Å²) in [6, 6.07) is 7.56. The molecule has 4 rings (SSSR count). The van der Waals surface area contributed by atoms with Crippen molar-refractivity contribution in [1.29, 1.82) is 0 Å². The highest BCUT2D eigenvalue weighted by Gasteiger charge is 2.29. The van der Waals surface area contributed by atoms with Crippen molar-refractivity contribution in [2.45, 2.75) is 32.2 Å². The number of H-pyrrole nitrogens is 1. The van der Waals surface area contributed by atoms with Crippen molar-refractivity contribution in [1.82, 2.24) is 25.1 Å². The number of rotatable bonds is 3. The molecule has 1 fully saturated rings. The Morgan fingerprint density at radius 3 is 2.85 bits per heavy atom. The number of thiazole rings is 1. The maximum atomic E-state index is 12.8. The third kappa shape index (κ3) is 3.45. The van der Waals surface area contributed by atoms with Crippen LogP contribution in [-0.2, 0) is 0 Å². The van der Waals surface area contributed by atoms with Crippen molar-refractivity contribution >= 4 is 23.1 Å². The van der Waals surface area contributed by atoms with Crippen LogP contribution in [0.5, 0.6) is 0 Å². The first-order valence-electron chi connectivity index (χ1n) is 8.67. The van der Waals surface area contributed by atoms with Gasteiger partial charge in [0.05, 0.1) is 6.04 Å². The van der Waals surface area contributed by atoms with Crippen molar-refractivity contribution in [2.24, 2.45) is 0 Å². The number of carbonyl (C=O) groups is 1. The first kappa shape index (κ1) is 16.7. The van der Waals surface area contributed by atoms with Gasteiger partial charge in [0.2, 0.25) is 0 Å². The number of hydrogen-bond acceptors (Lipinski definition) is 5. The van der Waals surface area contributed by atoms with E-state index in [4.69, 9.17) is 0 Å². The van der Waals surface area contributed by atoms with Crippen LogP contribution >= 0.6 is 11.3 Å². The molecule has 0 saturated carbocycles. The molecule has 1 atom stereocenters. The lowest BCUT2D eigenvalue weighted by molar-refractivity contribution is 0.163. The molecule has 0 spiro atoms. The Hall–Kier alpha value is -2.74. The third-order valence-electron chi connectivity index (χ3n) is 4.49. The average molecular weight is 368 g/mol. The second-order valence-electron chi connectivity index (χ2n) is 6.33. The zero-order valence-electron chi connectivity index (χ0n) is 14.5. The molecule has 1 aliphatic rings. The molecule has 1 saturated heterocycles. The molecule has 1 aliphatic heterocycles. The van der Waals surface area contributed by atoms with E-state index in [9.17, 15) is 4.79 Å². The fraction of sp³-hybridized carbons (Fsp3) is 0.333. The highest BCUT2D eigenvalue weighted by Crippen LogP contribution is 2.32. The van der Waals surface area contributed by atoms with Gasteiger partial charge in [0, 0.05) is 29.4 Å². The Bertz CT molecular complexity index is 873. The van der Waals surface area contributed by atoms with E-state index in [-0.39, 0.29) is 12.1 Å². The summed E-state index contributed by atoms with van der Waals surface area (Å²) in [7, 11) is 0. The van der Waals surface area contributed by atoms with Gasteiger partial charge in [-0.3, -0.25) is 5.10 Å². The maximum absolute atomic E-state index is 12.8. The van der Waals surface area contributed by atoms with Gasteiger partial charge < -0.3 is 10.2 Å². The number of nitrogens with one attached hydrogen (secondary N) is 2. The number of aromatic amines is 1. The van der Waals surface area contributed by atoms with Crippen LogP contribution in [0.3, 0.4) is 0 Å². The molecule has 0 bridgehead atoms. The summed E-state index contributed by atoms with van der Waals surface area (Å²) >= 11 is 1.61. The Labute approximate surface area is 155 Å². The van der Waals surface area contributed by atoms with Crippen LogP contribution in [0.25, 0.3) is 11.4 Å². The zero-order valence-corrected chi connectivity index (χ0v) is 15.3. The van der Waals surface area contributed by atoms with Gasteiger partial charge in [-0.1, -0.05) is 0 Å². The van der Waals surface area contributed by atoms with Gasteiger partial charge in [-0.2, -0.15) is 5.10 Å². The molecule has 7 nitrogen and oxygen atoms in total. The van der Waals surface area contributed by atoms with E-state index in [1.807, 2.05) is 41.5 Å². The number of urea groups is 1. The van der Waals surface area contributed by atoms with Gasteiger partial charge in [0.1, 0.15) is 10.8 Å². The SMILES string of the molecule is Cc1nc(-c2ccc(NC(=O)N3CCCC[C@@H]3c3nccs3)cc2)n[nH]1. The van der Waals surface area contributed by atoms with Gasteiger partial charge >= 0.3 is 6.03 Å². The lowest BCUT2D eigenvalue weighted by atomic mass is 10.0. The van der Waals surface area contributed by atoms with Crippen LogP contribution in [0.1, 0.15) is 36.1 Å². The minimum atomic E-state index is -0.0774. The number of amides is 2. The van der Waals surface area contributed by atoms with Crippen molar-refractivity contribution < 1.29 is 4.79 Å². The smallest absolute Gasteiger partial charge is 0.315 e. The molecule has 0 unspecified atom stereocenters. The normalized spacial score (nSPS) is 17.3. The Balaban J connectivity index is 1.46. The van der Waals surface area contributed by atoms with Crippen LogP contribution < -0.4 is 5.32 Å². The lowest BCUT2D eigenvalue weighted by Gasteiger charge is -2.34. The lowest BCUT2D eigenvalue weighted by Crippen LogP contribution is -2.41. The van der Waals surface area contributed by atoms with Crippen molar-refractivity contribution in [3.05, 3.63) is 46.7 Å². The van der Waals surface area contributed by atoms with Crippen molar-refractivity contribution in [2.75, 3.05) is 11.9 Å². The number of aromatic nitrogens is 4. The minimum absolute atomic E-state index is 0.0688. The molecule has 26 heavy (non-hydrogen) atoms. The van der Waals surface area contributed by atoms with Gasteiger partial charge in [0.15, 0.2) is 5.82 Å². The number of likely N-dealkylation sites (tertiary alicyclic amines) is 1. The number of aryl methyl sites for hydroxylation is 1. The molecule has 2 amide bonds. The van der Waals surface area contributed by atoms with E-state index in [0.717, 1.165) is 47.9 Å². The molecule has 1 aromatic carbocycles. The van der Waals surface area contributed by atoms with Crippen molar-refractivity contribution in [3.8, 4) is 11.4 Å². The minimum Gasteiger partial charge on any atom is -0.315 e. The largest absolute Gasteiger partial charge is 0.322 e. The molecule has 0 radical (unpaired) electrons. The summed E-state index contributed by atoms with van der Waals surface area (Å²) in [4.78, 5) is 23.4. The van der Waals surface area contributed by atoms with Gasteiger partial charge in [-0.05, 0) is 50.5 Å². The molecule has 0 aliphatic carbocycles. The van der Waals surface area contributed by atoms with Crippen LogP contribution in [0.15, 0.2) is 35.8 Å². The van der Waals surface area contributed by atoms with Crippen LogP contribution in [0.4, 0.5) is 10.5 Å². The summed E-state index contributed by atoms with van der Waals surface area (Å²) < 4.78 is 0. The molecule has 3 heterocycles. The number of nitrogens with zero attached hydrogens (tertiary/aromatic N) is 4. The summed E-state index contributed by atoms with van der Waals surface area (Å²) in [5.41, 5.74) is 1.67. The fourth-order valence-electron chi connectivity index (χ4n) is 3.20. The quantitative estimate of drug-likeness (QED) is 0.732. The summed E-state index contributed by atoms with van der Waals surface area (Å²) in [6.07, 6.45) is 4.91. The van der Waals surface area contributed by atoms with E-state index in [2.05, 4.69) is 25.5 Å². The van der Waals surface area contributed by atoms with E-state index in [1.165, 1.54) is 0 Å². The number of hydrogen-bond donors (Lipinski definition) is 2. The first-order chi connectivity index (χ1) is 12.7. The summed E-state index contributed by atoms with van der Waals surface area (Å²) in [5.74, 6) is 1.43. The van der Waals surface area contributed by atoms with Crippen LogP contribution in [0, 0.1) is 6.92 Å². The van der Waals surface area contributed by atoms with Crippen LogP contribution in [0.2, 0.25) is 0 Å². The number of piperidine rings is 1. The predicted molar refractivity (Wildman–Crippen MR) is 101 cm³/mol. The molecular formula is C18H20N6OS. The van der Waals surface area contributed by atoms with E-state index < -0.39 is 0 Å². The first-order valence-corrected chi connectivity index (χ1v) is 9.55. The third-order valence-corrected chi connectivity index (χ3v) is 5.37. The van der Waals surface area contributed by atoms with Crippen molar-refractivity contribution in [3.63, 3.8) is 0 Å². The number of anilines is 1. The second-order valence-corrected chi connectivity index (χ2v) is 7.25. The Morgan fingerprint density at radius 1 is 1.31 bits per heavy atom. The summed E-state index contributed by atoms with van der Waals surface area (Å²) in [6.45, 7) is 2.62. The van der Waals surface area contributed by atoms with E-state index >= 15 is 0 Å². The van der Waals surface area contributed by atoms with Crippen LogP contribution in [-0.4, -0.2) is 37.6 Å². The molecular weight excluding hydrogens is 348 g/mol. The van der Waals surface area contributed by atoms with Gasteiger partial charge in [-0.25, -0.2) is 14.8 Å². The predicted octanol–water partition coefficient (Wildman–Crippen LogP) is 4.00. The fourth-order valence-corrected chi connectivity index (χ4v) is 3.99. The summed E-state index contributed by atoms with van der Waals surface area (Å²) in [5, 5.41) is 13.0. The Kier molecular flexibility index (Phi) is 4.66. The van der Waals surface area contributed by atoms with E-state index in [1.54, 1.807) is 17.5 Å².